The van der Waals surface area contributed by atoms with Crippen molar-refractivity contribution in [3.05, 3.63) is 71.6 Å². The van der Waals surface area contributed by atoms with Crippen LogP contribution >= 0.6 is 0 Å². The quantitative estimate of drug-likeness (QED) is 0.725. The topological polar surface area (TPSA) is 73.1 Å². The van der Waals surface area contributed by atoms with Crippen molar-refractivity contribution in [2.24, 2.45) is 10.6 Å². The summed E-state index contributed by atoms with van der Waals surface area (Å²) in [7, 11) is -3.93. The lowest BCUT2D eigenvalue weighted by Gasteiger charge is -2.15. The van der Waals surface area contributed by atoms with E-state index in [-0.39, 0.29) is 16.2 Å². The third-order valence-electron chi connectivity index (χ3n) is 4.51. The van der Waals surface area contributed by atoms with E-state index < -0.39 is 40.5 Å². The van der Waals surface area contributed by atoms with Crippen molar-refractivity contribution < 1.29 is 30.4 Å². The van der Waals surface area contributed by atoms with Gasteiger partial charge in [-0.3, -0.25) is 4.98 Å². The van der Waals surface area contributed by atoms with E-state index in [0.29, 0.717) is 17.3 Å². The number of hydrogen-bond donors (Lipinski definition) is 1. The lowest BCUT2D eigenvalue weighted by molar-refractivity contribution is -0.137. The van der Waals surface area contributed by atoms with E-state index in [9.17, 15) is 30.4 Å². The highest BCUT2D eigenvalue weighted by molar-refractivity contribution is 7.89. The van der Waals surface area contributed by atoms with Gasteiger partial charge in [0.05, 0.1) is 21.6 Å². The fourth-order valence-electron chi connectivity index (χ4n) is 2.96. The Hall–Kier alpha value is -2.59. The summed E-state index contributed by atoms with van der Waals surface area (Å²) in [6, 6.07) is 7.21. The molecule has 0 unspecified atom stereocenters. The van der Waals surface area contributed by atoms with Crippen LogP contribution in [0.1, 0.15) is 16.8 Å². The second-order valence-electron chi connectivity index (χ2n) is 6.62. The van der Waals surface area contributed by atoms with E-state index in [0.717, 1.165) is 12.1 Å². The van der Waals surface area contributed by atoms with E-state index in [1.54, 1.807) is 0 Å². The normalized spacial score (nSPS) is 16.5. The number of nitrogens with zero attached hydrogens (tertiary/aromatic N) is 1. The first kappa shape index (κ1) is 21.1. The first-order valence-electron chi connectivity index (χ1n) is 8.24. The number of aromatic nitrogens is 1. The van der Waals surface area contributed by atoms with Gasteiger partial charge in [-0.2, -0.15) is 13.2 Å². The van der Waals surface area contributed by atoms with Crippen molar-refractivity contribution in [1.82, 2.24) is 4.98 Å². The number of allylic oxidation sites excluding steroid dienone is 4. The van der Waals surface area contributed by atoms with Crippen molar-refractivity contribution in [3.63, 3.8) is 0 Å². The molecule has 154 valence electrons. The van der Waals surface area contributed by atoms with E-state index in [4.69, 9.17) is 5.14 Å². The van der Waals surface area contributed by atoms with E-state index in [1.165, 1.54) is 36.4 Å². The van der Waals surface area contributed by atoms with Crippen LogP contribution in [-0.4, -0.2) is 26.8 Å². The Kier molecular flexibility index (Phi) is 5.35. The molecule has 2 aromatic rings. The van der Waals surface area contributed by atoms with E-state index >= 15 is 0 Å². The molecule has 1 aromatic carbocycles. The van der Waals surface area contributed by atoms with Gasteiger partial charge in [-0.25, -0.2) is 22.3 Å². The summed E-state index contributed by atoms with van der Waals surface area (Å²) in [5.74, 6) is 0. The zero-order valence-corrected chi connectivity index (χ0v) is 15.6. The molecule has 0 spiro atoms. The monoisotopic (exact) mass is 430 g/mol. The molecule has 29 heavy (non-hydrogen) atoms. The third-order valence-corrected chi connectivity index (χ3v) is 5.44. The van der Waals surface area contributed by atoms with Crippen LogP contribution in [0, 0.1) is 5.41 Å². The smallest absolute Gasteiger partial charge is 0.256 e. The predicted molar refractivity (Wildman–Crippen MR) is 97.4 cm³/mol. The number of nitrogens with two attached hydrogens (primary N) is 1. The summed E-state index contributed by atoms with van der Waals surface area (Å²) in [6.45, 7) is -2.13. The lowest BCUT2D eigenvalue weighted by atomic mass is 9.93. The van der Waals surface area contributed by atoms with E-state index in [1.807, 2.05) is 0 Å². The molecule has 0 radical (unpaired) electrons. The predicted octanol–water partition coefficient (Wildman–Crippen LogP) is 4.15. The molecular formula is C19H15F5N2O2S. The Balaban J connectivity index is 2.08. The van der Waals surface area contributed by atoms with Gasteiger partial charge in [0, 0.05) is 11.8 Å². The van der Waals surface area contributed by atoms with Gasteiger partial charge < -0.3 is 0 Å². The Morgan fingerprint density at radius 3 is 1.97 bits per heavy atom. The van der Waals surface area contributed by atoms with Gasteiger partial charge in [0.2, 0.25) is 10.0 Å². The van der Waals surface area contributed by atoms with Gasteiger partial charge in [0.25, 0.3) is 0 Å². The standard InChI is InChI=1S/C19H15F5N2O2S/c20-10-18(11-21)7-15(12-1-4-14(5-2-12)29(25,27)28)16(8-18)17-6-3-13(9-26-17)19(22,23)24/h1-9H,10-11H2,(H2,25,27,28). The zero-order chi connectivity index (χ0) is 21.4. The number of sulfonamides is 1. The summed E-state index contributed by atoms with van der Waals surface area (Å²) in [5, 5.41) is 5.06. The molecule has 1 aliphatic rings. The second kappa shape index (κ2) is 7.34. The largest absolute Gasteiger partial charge is 0.417 e. The van der Waals surface area contributed by atoms with Crippen molar-refractivity contribution in [3.8, 4) is 0 Å². The number of pyridine rings is 1. The first-order valence-corrected chi connectivity index (χ1v) is 9.79. The third kappa shape index (κ3) is 4.23. The fourth-order valence-corrected chi connectivity index (χ4v) is 3.47. The molecular weight excluding hydrogens is 415 g/mol. The highest BCUT2D eigenvalue weighted by atomic mass is 32.2. The van der Waals surface area contributed by atoms with Crippen LogP contribution in [0.15, 0.2) is 59.6 Å². The van der Waals surface area contributed by atoms with Crippen LogP contribution in [0.3, 0.4) is 0 Å². The summed E-state index contributed by atoms with van der Waals surface area (Å²) < 4.78 is 88.3. The fraction of sp³-hybridized carbons (Fsp3) is 0.211. The average Bonchev–Trinajstić information content (AvgIpc) is 3.07. The van der Waals surface area contributed by atoms with Gasteiger partial charge in [-0.1, -0.05) is 24.3 Å². The Bertz CT molecular complexity index is 1070. The number of rotatable bonds is 5. The Morgan fingerprint density at radius 2 is 1.52 bits per heavy atom. The Labute approximate surface area is 163 Å². The highest BCUT2D eigenvalue weighted by Crippen LogP contribution is 2.44. The molecule has 3 rings (SSSR count). The number of primary sulfonamides is 1. The number of benzene rings is 1. The van der Waals surface area contributed by atoms with Crippen LogP contribution in [0.2, 0.25) is 0 Å². The van der Waals surface area contributed by atoms with Crippen molar-refractivity contribution in [2.45, 2.75) is 11.1 Å². The molecule has 0 bridgehead atoms. The van der Waals surface area contributed by atoms with Crippen molar-refractivity contribution >= 4 is 21.2 Å². The zero-order valence-electron chi connectivity index (χ0n) is 14.7. The molecule has 0 aliphatic heterocycles. The molecule has 1 aromatic heterocycles. The maximum Gasteiger partial charge on any atom is 0.417 e. The van der Waals surface area contributed by atoms with Gasteiger partial charge in [-0.05, 0) is 35.4 Å². The van der Waals surface area contributed by atoms with Gasteiger partial charge in [-0.15, -0.1) is 0 Å². The number of halogens is 5. The Morgan fingerprint density at radius 1 is 0.931 bits per heavy atom. The van der Waals surface area contributed by atoms with Crippen LogP contribution in [0.5, 0.6) is 0 Å². The molecule has 0 fully saturated rings. The lowest BCUT2D eigenvalue weighted by Crippen LogP contribution is -2.18. The second-order valence-corrected chi connectivity index (χ2v) is 8.18. The maximum atomic E-state index is 13.6. The number of hydrogen-bond acceptors (Lipinski definition) is 3. The minimum atomic E-state index is -4.57. The molecule has 1 heterocycles. The SMILES string of the molecule is NS(=O)(=O)c1ccc(C2=CC(CF)(CF)C=C2c2ccc(C(F)(F)F)cn2)cc1. The molecule has 0 saturated carbocycles. The van der Waals surface area contributed by atoms with Crippen molar-refractivity contribution in [1.29, 1.82) is 0 Å². The summed E-state index contributed by atoms with van der Waals surface area (Å²) in [6.07, 6.45) is -1.32. The van der Waals surface area contributed by atoms with E-state index in [2.05, 4.69) is 4.98 Å². The molecule has 4 nitrogen and oxygen atoms in total. The van der Waals surface area contributed by atoms with Crippen LogP contribution in [-0.2, 0) is 16.2 Å². The minimum Gasteiger partial charge on any atom is -0.256 e. The number of alkyl halides is 5. The van der Waals surface area contributed by atoms with Crippen LogP contribution in [0.4, 0.5) is 22.0 Å². The molecule has 0 amide bonds. The molecule has 10 heteroatoms. The first-order chi connectivity index (χ1) is 13.5. The highest BCUT2D eigenvalue weighted by Gasteiger charge is 2.35. The summed E-state index contributed by atoms with van der Waals surface area (Å²) >= 11 is 0. The van der Waals surface area contributed by atoms with Crippen LogP contribution in [0.25, 0.3) is 11.1 Å². The van der Waals surface area contributed by atoms with Gasteiger partial charge in [0.1, 0.15) is 13.3 Å². The molecule has 0 saturated heterocycles. The molecule has 1 aliphatic carbocycles. The van der Waals surface area contributed by atoms with Crippen molar-refractivity contribution in [2.75, 3.05) is 13.3 Å². The van der Waals surface area contributed by atoms with Crippen LogP contribution < -0.4 is 5.14 Å². The minimum absolute atomic E-state index is 0.101. The van der Waals surface area contributed by atoms with Gasteiger partial charge >= 0.3 is 6.18 Å². The van der Waals surface area contributed by atoms with Gasteiger partial charge in [0.15, 0.2) is 0 Å². The average molecular weight is 430 g/mol. The molecule has 0 atom stereocenters. The summed E-state index contributed by atoms with van der Waals surface area (Å²) in [4.78, 5) is 3.65. The molecule has 2 N–H and O–H groups in total. The summed E-state index contributed by atoms with van der Waals surface area (Å²) in [5.41, 5.74) is -1.44. The maximum absolute atomic E-state index is 13.6.